The molecule has 0 spiro atoms. The Balaban J connectivity index is 1.89. The van der Waals surface area contributed by atoms with E-state index < -0.39 is 4.92 Å². The predicted molar refractivity (Wildman–Crippen MR) is 61.0 cm³/mol. The fourth-order valence-electron chi connectivity index (χ4n) is 1.98. The molecule has 1 aromatic heterocycles. The van der Waals surface area contributed by atoms with E-state index in [0.29, 0.717) is 12.5 Å². The summed E-state index contributed by atoms with van der Waals surface area (Å²) in [6, 6.07) is 0. The van der Waals surface area contributed by atoms with Crippen LogP contribution in [-0.2, 0) is 7.05 Å². The average molecular weight is 240 g/mol. The Bertz CT molecular complexity index is 398. The Morgan fingerprint density at radius 1 is 1.76 bits per heavy atom. The zero-order valence-electron chi connectivity index (χ0n) is 9.76. The Labute approximate surface area is 98.9 Å². The number of hydrogen-bond acceptors (Lipinski definition) is 5. The van der Waals surface area contributed by atoms with Gasteiger partial charge in [-0.05, 0) is 41.8 Å². The molecule has 0 bridgehead atoms. The average Bonchev–Trinajstić information content (AvgIpc) is 2.89. The van der Waals surface area contributed by atoms with Gasteiger partial charge in [0, 0.05) is 7.05 Å². The highest BCUT2D eigenvalue weighted by molar-refractivity contribution is 5.33. The minimum atomic E-state index is -0.521. The molecule has 0 aromatic carbocycles. The molecule has 17 heavy (non-hydrogen) atoms. The number of aromatic nitrogens is 2. The van der Waals surface area contributed by atoms with Gasteiger partial charge in [0.1, 0.15) is 0 Å². The summed E-state index contributed by atoms with van der Waals surface area (Å²) in [6.45, 7) is 2.56. The molecule has 7 nitrogen and oxygen atoms in total. The molecular weight excluding hydrogens is 224 g/mol. The van der Waals surface area contributed by atoms with Crippen molar-refractivity contribution in [1.82, 2.24) is 14.9 Å². The van der Waals surface area contributed by atoms with Crippen molar-refractivity contribution < 1.29 is 9.66 Å². The van der Waals surface area contributed by atoms with E-state index in [4.69, 9.17) is 4.74 Å². The highest BCUT2D eigenvalue weighted by Crippen LogP contribution is 2.24. The third-order valence-corrected chi connectivity index (χ3v) is 2.97. The second kappa shape index (κ2) is 5.13. The normalized spacial score (nSPS) is 19.5. The van der Waals surface area contributed by atoms with Gasteiger partial charge >= 0.3 is 5.82 Å². The van der Waals surface area contributed by atoms with Crippen molar-refractivity contribution in [2.45, 2.75) is 12.8 Å². The second-order valence-corrected chi connectivity index (χ2v) is 4.24. The molecular formula is C10H16N4O3. The lowest BCUT2D eigenvalue weighted by molar-refractivity contribution is -0.390. The monoisotopic (exact) mass is 240 g/mol. The van der Waals surface area contributed by atoms with Crippen molar-refractivity contribution in [2.24, 2.45) is 13.0 Å². The van der Waals surface area contributed by atoms with Gasteiger partial charge in [0.15, 0.2) is 0 Å². The van der Waals surface area contributed by atoms with E-state index in [9.17, 15) is 10.1 Å². The van der Waals surface area contributed by atoms with Gasteiger partial charge < -0.3 is 20.2 Å². The molecule has 0 aliphatic carbocycles. The van der Waals surface area contributed by atoms with Gasteiger partial charge in [-0.25, -0.2) is 0 Å². The molecule has 1 aliphatic heterocycles. The molecule has 7 heteroatoms. The maximum atomic E-state index is 10.7. The third kappa shape index (κ3) is 2.73. The molecule has 0 saturated carbocycles. The largest absolute Gasteiger partial charge is 0.473 e. The Morgan fingerprint density at radius 2 is 2.59 bits per heavy atom. The molecule has 2 rings (SSSR count). The first-order valence-corrected chi connectivity index (χ1v) is 5.67. The molecule has 0 amide bonds. The lowest BCUT2D eigenvalue weighted by atomic mass is 10.1. The summed E-state index contributed by atoms with van der Waals surface area (Å²) in [7, 11) is 1.69. The first-order valence-electron chi connectivity index (χ1n) is 5.67. The molecule has 1 saturated heterocycles. The lowest BCUT2D eigenvalue weighted by Gasteiger charge is -2.09. The summed E-state index contributed by atoms with van der Waals surface area (Å²) in [5.74, 6) is 0.639. The van der Waals surface area contributed by atoms with Crippen LogP contribution < -0.4 is 10.1 Å². The van der Waals surface area contributed by atoms with E-state index in [1.54, 1.807) is 7.05 Å². The fourth-order valence-corrected chi connectivity index (χ4v) is 1.98. The highest BCUT2D eigenvalue weighted by Gasteiger charge is 2.22. The number of hydrogen-bond donors (Lipinski definition) is 1. The fraction of sp³-hybridized carbons (Fsp3) is 0.700. The Hall–Kier alpha value is -1.63. The molecule has 2 heterocycles. The van der Waals surface area contributed by atoms with Crippen LogP contribution in [-0.4, -0.2) is 34.2 Å². The van der Waals surface area contributed by atoms with Crippen molar-refractivity contribution in [3.05, 3.63) is 16.4 Å². The van der Waals surface area contributed by atoms with E-state index in [0.717, 1.165) is 25.9 Å². The number of nitro groups is 1. The summed E-state index contributed by atoms with van der Waals surface area (Å²) < 4.78 is 6.99. The van der Waals surface area contributed by atoms with Crippen LogP contribution in [0.2, 0.25) is 0 Å². The topological polar surface area (TPSA) is 82.2 Å². The number of nitrogens with one attached hydrogen (secondary N) is 1. The van der Waals surface area contributed by atoms with Crippen LogP contribution in [0.15, 0.2) is 6.33 Å². The number of ether oxygens (including phenoxy) is 1. The van der Waals surface area contributed by atoms with Crippen molar-refractivity contribution in [2.75, 3.05) is 19.7 Å². The van der Waals surface area contributed by atoms with E-state index in [1.807, 2.05) is 0 Å². The molecule has 1 N–H and O–H groups in total. The smallest absolute Gasteiger partial charge is 0.426 e. The predicted octanol–water partition coefficient (Wildman–Crippen LogP) is 0.707. The molecule has 1 aromatic rings. The Kier molecular flexibility index (Phi) is 3.58. The minimum Gasteiger partial charge on any atom is -0.473 e. The molecule has 94 valence electrons. The summed E-state index contributed by atoms with van der Waals surface area (Å²) in [5, 5.41) is 14.0. The molecule has 1 unspecified atom stereocenters. The second-order valence-electron chi connectivity index (χ2n) is 4.24. The molecule has 1 fully saturated rings. The van der Waals surface area contributed by atoms with Crippen LogP contribution in [0.1, 0.15) is 12.8 Å². The van der Waals surface area contributed by atoms with Crippen LogP contribution in [0.25, 0.3) is 0 Å². The quantitative estimate of drug-likeness (QED) is 0.605. The lowest BCUT2D eigenvalue weighted by Crippen LogP contribution is -2.12. The number of rotatable bonds is 5. The van der Waals surface area contributed by atoms with Gasteiger partial charge in [-0.2, -0.15) is 0 Å². The van der Waals surface area contributed by atoms with Gasteiger partial charge in [0.05, 0.1) is 6.61 Å². The van der Waals surface area contributed by atoms with Gasteiger partial charge in [0.2, 0.25) is 6.33 Å². The summed E-state index contributed by atoms with van der Waals surface area (Å²) in [6.07, 6.45) is 3.46. The molecule has 1 aliphatic rings. The summed E-state index contributed by atoms with van der Waals surface area (Å²) >= 11 is 0. The van der Waals surface area contributed by atoms with E-state index in [1.165, 1.54) is 10.9 Å². The van der Waals surface area contributed by atoms with Crippen LogP contribution in [0, 0.1) is 16.0 Å². The first-order chi connectivity index (χ1) is 8.18. The standard InChI is InChI=1S/C10H16N4O3/c1-13-7-12-9(14(15)16)10(13)17-5-3-8-2-4-11-6-8/h7-8,11H,2-6H2,1H3. The molecule has 0 radical (unpaired) electrons. The van der Waals surface area contributed by atoms with Crippen molar-refractivity contribution in [3.8, 4) is 5.88 Å². The highest BCUT2D eigenvalue weighted by atomic mass is 16.6. The van der Waals surface area contributed by atoms with Crippen molar-refractivity contribution in [1.29, 1.82) is 0 Å². The van der Waals surface area contributed by atoms with Crippen LogP contribution in [0.4, 0.5) is 5.82 Å². The summed E-state index contributed by atoms with van der Waals surface area (Å²) in [5.41, 5.74) is 0. The first kappa shape index (κ1) is 11.8. The van der Waals surface area contributed by atoms with Gasteiger partial charge in [-0.1, -0.05) is 0 Å². The van der Waals surface area contributed by atoms with Crippen molar-refractivity contribution in [3.63, 3.8) is 0 Å². The Morgan fingerprint density at radius 3 is 3.24 bits per heavy atom. The van der Waals surface area contributed by atoms with E-state index in [2.05, 4.69) is 10.3 Å². The summed E-state index contributed by atoms with van der Waals surface area (Å²) in [4.78, 5) is 13.9. The minimum absolute atomic E-state index is 0.211. The SMILES string of the molecule is Cn1cnc([N+](=O)[O-])c1OCCC1CCNC1. The van der Waals surface area contributed by atoms with Crippen LogP contribution in [0.3, 0.4) is 0 Å². The maximum absolute atomic E-state index is 10.7. The number of imidazole rings is 1. The maximum Gasteiger partial charge on any atom is 0.426 e. The van der Waals surface area contributed by atoms with E-state index in [-0.39, 0.29) is 11.7 Å². The number of nitrogens with zero attached hydrogens (tertiary/aromatic N) is 3. The van der Waals surface area contributed by atoms with Crippen molar-refractivity contribution >= 4 is 5.82 Å². The zero-order chi connectivity index (χ0) is 12.3. The van der Waals surface area contributed by atoms with Gasteiger partial charge in [-0.3, -0.25) is 4.57 Å². The molecule has 1 atom stereocenters. The van der Waals surface area contributed by atoms with Crippen LogP contribution in [0.5, 0.6) is 5.88 Å². The number of aryl methyl sites for hydroxylation is 1. The van der Waals surface area contributed by atoms with E-state index >= 15 is 0 Å². The van der Waals surface area contributed by atoms with Gasteiger partial charge in [0.25, 0.3) is 5.88 Å². The third-order valence-electron chi connectivity index (χ3n) is 2.97. The van der Waals surface area contributed by atoms with Crippen LogP contribution >= 0.6 is 0 Å². The van der Waals surface area contributed by atoms with Gasteiger partial charge in [-0.15, -0.1) is 0 Å². The zero-order valence-corrected chi connectivity index (χ0v) is 9.76.